The third-order valence-electron chi connectivity index (χ3n) is 3.42. The van der Waals surface area contributed by atoms with E-state index < -0.39 is 5.60 Å². The van der Waals surface area contributed by atoms with Crippen molar-refractivity contribution in [1.82, 2.24) is 4.90 Å². The largest absolute Gasteiger partial charge is 0.444 e. The van der Waals surface area contributed by atoms with Gasteiger partial charge >= 0.3 is 6.09 Å². The Morgan fingerprint density at radius 2 is 2.05 bits per heavy atom. The van der Waals surface area contributed by atoms with Gasteiger partial charge in [0.05, 0.1) is 0 Å². The molecule has 1 aliphatic heterocycles. The van der Waals surface area contributed by atoms with Crippen LogP contribution in [0.15, 0.2) is 18.2 Å². The predicted molar refractivity (Wildman–Crippen MR) is 79.4 cm³/mol. The molecule has 0 aromatic heterocycles. The SMILES string of the molecule is CC(N)c1ccc2c(c1)CCN(C(=O)OC(C)(C)C)C2. The molecule has 0 saturated heterocycles. The average Bonchev–Trinajstić information content (AvgIpc) is 2.35. The van der Waals surface area contributed by atoms with E-state index in [1.54, 1.807) is 4.90 Å². The Labute approximate surface area is 120 Å². The van der Waals surface area contributed by atoms with Crippen molar-refractivity contribution in [2.75, 3.05) is 6.54 Å². The van der Waals surface area contributed by atoms with E-state index >= 15 is 0 Å². The van der Waals surface area contributed by atoms with Crippen molar-refractivity contribution in [1.29, 1.82) is 0 Å². The third-order valence-corrected chi connectivity index (χ3v) is 3.42. The van der Waals surface area contributed by atoms with Crippen LogP contribution >= 0.6 is 0 Å². The van der Waals surface area contributed by atoms with Crippen molar-refractivity contribution in [2.45, 2.75) is 52.3 Å². The molecule has 1 amide bonds. The Balaban J connectivity index is 2.10. The quantitative estimate of drug-likeness (QED) is 0.858. The number of benzene rings is 1. The number of fused-ring (bicyclic) bond motifs is 1. The molecule has 110 valence electrons. The number of ether oxygens (including phenoxy) is 1. The molecule has 0 fully saturated rings. The van der Waals surface area contributed by atoms with Gasteiger partial charge in [-0.1, -0.05) is 18.2 Å². The zero-order valence-corrected chi connectivity index (χ0v) is 12.8. The number of amides is 1. The Kier molecular flexibility index (Phi) is 4.04. The number of hydrogen-bond acceptors (Lipinski definition) is 3. The summed E-state index contributed by atoms with van der Waals surface area (Å²) >= 11 is 0. The Bertz CT molecular complexity index is 504. The third kappa shape index (κ3) is 3.51. The molecule has 0 saturated carbocycles. The van der Waals surface area contributed by atoms with Crippen LogP contribution in [0.25, 0.3) is 0 Å². The fraction of sp³-hybridized carbons (Fsp3) is 0.562. The maximum atomic E-state index is 12.1. The minimum Gasteiger partial charge on any atom is -0.444 e. The van der Waals surface area contributed by atoms with Gasteiger partial charge in [0.1, 0.15) is 5.60 Å². The summed E-state index contributed by atoms with van der Waals surface area (Å²) in [5.74, 6) is 0. The molecule has 2 rings (SSSR count). The Hall–Kier alpha value is -1.55. The van der Waals surface area contributed by atoms with Crippen LogP contribution in [0, 0.1) is 0 Å². The lowest BCUT2D eigenvalue weighted by molar-refractivity contribution is 0.0224. The summed E-state index contributed by atoms with van der Waals surface area (Å²) in [6.07, 6.45) is 0.620. The van der Waals surface area contributed by atoms with Crippen molar-refractivity contribution in [3.8, 4) is 0 Å². The fourth-order valence-electron chi connectivity index (χ4n) is 2.34. The molecule has 0 bridgehead atoms. The zero-order valence-electron chi connectivity index (χ0n) is 12.8. The smallest absolute Gasteiger partial charge is 0.410 e. The first-order valence-electron chi connectivity index (χ1n) is 7.11. The van der Waals surface area contributed by atoms with Crippen LogP contribution in [0.5, 0.6) is 0 Å². The van der Waals surface area contributed by atoms with Crippen molar-refractivity contribution in [3.63, 3.8) is 0 Å². The van der Waals surface area contributed by atoms with Crippen LogP contribution in [-0.2, 0) is 17.7 Å². The van der Waals surface area contributed by atoms with Crippen LogP contribution in [0.3, 0.4) is 0 Å². The number of nitrogens with two attached hydrogens (primary N) is 1. The molecule has 1 aromatic rings. The monoisotopic (exact) mass is 276 g/mol. The predicted octanol–water partition coefficient (Wildman–Crippen LogP) is 3.00. The number of nitrogens with zero attached hydrogens (tertiary/aromatic N) is 1. The maximum Gasteiger partial charge on any atom is 0.410 e. The summed E-state index contributed by atoms with van der Waals surface area (Å²) in [4.78, 5) is 13.8. The summed E-state index contributed by atoms with van der Waals surface area (Å²) in [6, 6.07) is 6.32. The van der Waals surface area contributed by atoms with E-state index in [-0.39, 0.29) is 12.1 Å². The molecule has 20 heavy (non-hydrogen) atoms. The Morgan fingerprint density at radius 1 is 1.35 bits per heavy atom. The molecule has 2 N–H and O–H groups in total. The van der Waals surface area contributed by atoms with E-state index in [1.807, 2.05) is 33.8 Å². The highest BCUT2D eigenvalue weighted by Gasteiger charge is 2.25. The minimum atomic E-state index is -0.448. The van der Waals surface area contributed by atoms with E-state index in [0.29, 0.717) is 13.1 Å². The lowest BCUT2D eigenvalue weighted by atomic mass is 9.95. The molecule has 4 heteroatoms. The van der Waals surface area contributed by atoms with Crippen molar-refractivity contribution >= 4 is 6.09 Å². The standard InChI is InChI=1S/C16H24N2O2/c1-11(17)12-5-6-14-10-18(8-7-13(14)9-12)15(19)20-16(2,3)4/h5-6,9,11H,7-8,10,17H2,1-4H3. The molecular weight excluding hydrogens is 252 g/mol. The van der Waals surface area contributed by atoms with E-state index in [2.05, 4.69) is 12.1 Å². The molecule has 0 radical (unpaired) electrons. The van der Waals surface area contributed by atoms with Gasteiger partial charge in [-0.05, 0) is 50.8 Å². The van der Waals surface area contributed by atoms with E-state index in [9.17, 15) is 4.79 Å². The van der Waals surface area contributed by atoms with Crippen LogP contribution in [0.4, 0.5) is 4.79 Å². The first kappa shape index (κ1) is 14.9. The second-order valence-electron chi connectivity index (χ2n) is 6.47. The van der Waals surface area contributed by atoms with Gasteiger partial charge in [0, 0.05) is 19.1 Å². The zero-order chi connectivity index (χ0) is 14.9. The lowest BCUT2D eigenvalue weighted by Gasteiger charge is -2.31. The topological polar surface area (TPSA) is 55.6 Å². The summed E-state index contributed by atoms with van der Waals surface area (Å²) < 4.78 is 5.42. The van der Waals surface area contributed by atoms with Gasteiger partial charge < -0.3 is 15.4 Å². The first-order valence-corrected chi connectivity index (χ1v) is 7.11. The summed E-state index contributed by atoms with van der Waals surface area (Å²) in [6.45, 7) is 8.96. The van der Waals surface area contributed by atoms with Crippen molar-refractivity contribution < 1.29 is 9.53 Å². The molecule has 1 unspecified atom stereocenters. The average molecular weight is 276 g/mol. The maximum absolute atomic E-state index is 12.1. The second kappa shape index (κ2) is 5.44. The molecule has 0 spiro atoms. The highest BCUT2D eigenvalue weighted by Crippen LogP contribution is 2.23. The molecule has 1 aliphatic rings. The first-order chi connectivity index (χ1) is 9.26. The molecule has 1 atom stereocenters. The molecule has 4 nitrogen and oxygen atoms in total. The normalized spacial score (nSPS) is 16.6. The molecule has 0 aliphatic carbocycles. The number of rotatable bonds is 1. The van der Waals surface area contributed by atoms with Gasteiger partial charge in [0.25, 0.3) is 0 Å². The van der Waals surface area contributed by atoms with Crippen LogP contribution in [0.1, 0.15) is 50.4 Å². The van der Waals surface area contributed by atoms with Gasteiger partial charge in [0.15, 0.2) is 0 Å². The van der Waals surface area contributed by atoms with Crippen LogP contribution < -0.4 is 5.73 Å². The molecular formula is C16H24N2O2. The fourth-order valence-corrected chi connectivity index (χ4v) is 2.34. The van der Waals surface area contributed by atoms with Gasteiger partial charge in [-0.25, -0.2) is 4.79 Å². The minimum absolute atomic E-state index is 0.0455. The Morgan fingerprint density at radius 3 is 2.65 bits per heavy atom. The van der Waals surface area contributed by atoms with E-state index in [0.717, 1.165) is 12.0 Å². The van der Waals surface area contributed by atoms with Gasteiger partial charge in [-0.2, -0.15) is 0 Å². The van der Waals surface area contributed by atoms with Crippen molar-refractivity contribution in [2.24, 2.45) is 5.73 Å². The second-order valence-corrected chi connectivity index (χ2v) is 6.47. The molecule has 1 heterocycles. The summed E-state index contributed by atoms with van der Waals surface area (Å²) in [5.41, 5.74) is 9.08. The van der Waals surface area contributed by atoms with Gasteiger partial charge in [-0.3, -0.25) is 0 Å². The number of carbonyl (C=O) groups is 1. The van der Waals surface area contributed by atoms with Crippen molar-refractivity contribution in [3.05, 3.63) is 34.9 Å². The highest BCUT2D eigenvalue weighted by molar-refractivity contribution is 5.68. The van der Waals surface area contributed by atoms with Gasteiger partial charge in [0.2, 0.25) is 0 Å². The van der Waals surface area contributed by atoms with E-state index in [4.69, 9.17) is 10.5 Å². The van der Waals surface area contributed by atoms with Crippen LogP contribution in [-0.4, -0.2) is 23.1 Å². The lowest BCUT2D eigenvalue weighted by Crippen LogP contribution is -2.39. The summed E-state index contributed by atoms with van der Waals surface area (Å²) in [7, 11) is 0. The number of hydrogen-bond donors (Lipinski definition) is 1. The highest BCUT2D eigenvalue weighted by atomic mass is 16.6. The van der Waals surface area contributed by atoms with Crippen LogP contribution in [0.2, 0.25) is 0 Å². The van der Waals surface area contributed by atoms with E-state index in [1.165, 1.54) is 11.1 Å². The van der Waals surface area contributed by atoms with Gasteiger partial charge in [-0.15, -0.1) is 0 Å². The molecule has 1 aromatic carbocycles. The summed E-state index contributed by atoms with van der Waals surface area (Å²) in [5, 5.41) is 0. The number of carbonyl (C=O) groups excluding carboxylic acids is 1.